The Morgan fingerprint density at radius 3 is 2.29 bits per heavy atom. The van der Waals surface area contributed by atoms with Crippen molar-refractivity contribution in [3.63, 3.8) is 0 Å². The molecule has 2 aromatic rings. The summed E-state index contributed by atoms with van der Waals surface area (Å²) >= 11 is 0. The Balaban J connectivity index is 0.000000845. The Labute approximate surface area is 94.0 Å². The van der Waals surface area contributed by atoms with Gasteiger partial charge in [0, 0.05) is 5.69 Å². The van der Waals surface area contributed by atoms with Crippen LogP contribution in [0.5, 0.6) is 0 Å². The lowest BCUT2D eigenvalue weighted by atomic mass is 10.3. The smallest absolute Gasteiger partial charge is 0.123 e. The molecule has 1 aromatic carbocycles. The minimum Gasteiger partial charge on any atom is -0.399 e. The van der Waals surface area contributed by atoms with Crippen LogP contribution in [0.25, 0.3) is 5.69 Å². The molecule has 4 nitrogen and oxygen atoms in total. The van der Waals surface area contributed by atoms with Crippen LogP contribution in [0.3, 0.4) is 0 Å². The molecule has 14 heavy (non-hydrogen) atoms. The van der Waals surface area contributed by atoms with Gasteiger partial charge in [-0.3, -0.25) is 4.57 Å². The summed E-state index contributed by atoms with van der Waals surface area (Å²) in [6.45, 7) is 0. The number of rotatable bonds is 1. The van der Waals surface area contributed by atoms with Gasteiger partial charge in [0.25, 0.3) is 0 Å². The monoisotopic (exact) mass is 232 g/mol. The van der Waals surface area contributed by atoms with E-state index in [1.807, 2.05) is 24.3 Å². The molecule has 0 fully saturated rings. The van der Waals surface area contributed by atoms with E-state index in [9.17, 15) is 0 Å². The van der Waals surface area contributed by atoms with Crippen molar-refractivity contribution < 1.29 is 0 Å². The predicted octanol–water partition coefficient (Wildman–Crippen LogP) is 1.69. The lowest BCUT2D eigenvalue weighted by Gasteiger charge is -2.00. The molecule has 0 spiro atoms. The third kappa shape index (κ3) is 2.61. The number of halogens is 2. The van der Waals surface area contributed by atoms with Crippen molar-refractivity contribution >= 4 is 30.5 Å². The van der Waals surface area contributed by atoms with Crippen LogP contribution in [-0.2, 0) is 0 Å². The summed E-state index contributed by atoms with van der Waals surface area (Å²) in [4.78, 5) is 0. The Morgan fingerprint density at radius 1 is 1.07 bits per heavy atom. The first-order chi connectivity index (χ1) is 5.86. The topological polar surface area (TPSA) is 56.7 Å². The third-order valence-electron chi connectivity index (χ3n) is 1.59. The summed E-state index contributed by atoms with van der Waals surface area (Å²) in [6, 6.07) is 7.54. The molecule has 1 aromatic heterocycles. The number of hydrogen-bond acceptors (Lipinski definition) is 3. The average Bonchev–Trinajstić information content (AvgIpc) is 2.56. The largest absolute Gasteiger partial charge is 0.399 e. The van der Waals surface area contributed by atoms with Crippen molar-refractivity contribution in [2.24, 2.45) is 0 Å². The van der Waals surface area contributed by atoms with Gasteiger partial charge in [0.1, 0.15) is 12.7 Å². The Bertz CT molecular complexity index is 375. The standard InChI is InChI=1S/C8H8N4.2ClH/c9-7-2-1-3-8(4-7)12-5-10-11-6-12;;/h1-6H,9H2;2*1H. The molecule has 0 aliphatic heterocycles. The maximum atomic E-state index is 5.61. The zero-order chi connectivity index (χ0) is 8.39. The Hall–Kier alpha value is -1.26. The molecular weight excluding hydrogens is 223 g/mol. The van der Waals surface area contributed by atoms with Crippen LogP contribution in [-0.4, -0.2) is 14.8 Å². The second-order valence-electron chi connectivity index (χ2n) is 2.46. The fourth-order valence-electron chi connectivity index (χ4n) is 1.02. The molecule has 0 atom stereocenters. The fraction of sp³-hybridized carbons (Fsp3) is 0. The second kappa shape index (κ2) is 5.47. The van der Waals surface area contributed by atoms with Crippen LogP contribution in [0.15, 0.2) is 36.9 Å². The van der Waals surface area contributed by atoms with E-state index < -0.39 is 0 Å². The van der Waals surface area contributed by atoms with Gasteiger partial charge < -0.3 is 5.73 Å². The summed E-state index contributed by atoms with van der Waals surface area (Å²) in [5.74, 6) is 0. The minimum atomic E-state index is 0. The van der Waals surface area contributed by atoms with Crippen LogP contribution in [0.4, 0.5) is 5.69 Å². The fourth-order valence-corrected chi connectivity index (χ4v) is 1.02. The average molecular weight is 233 g/mol. The maximum absolute atomic E-state index is 5.61. The van der Waals surface area contributed by atoms with Crippen LogP contribution in [0.2, 0.25) is 0 Å². The molecule has 0 amide bonds. The second-order valence-corrected chi connectivity index (χ2v) is 2.46. The van der Waals surface area contributed by atoms with Gasteiger partial charge in [0.05, 0.1) is 5.69 Å². The van der Waals surface area contributed by atoms with Crippen molar-refractivity contribution in [2.45, 2.75) is 0 Å². The quantitative estimate of drug-likeness (QED) is 0.762. The highest BCUT2D eigenvalue weighted by Gasteiger charge is 1.94. The van der Waals surface area contributed by atoms with Crippen molar-refractivity contribution in [3.8, 4) is 5.69 Å². The molecule has 6 heteroatoms. The molecule has 0 aliphatic carbocycles. The molecule has 0 radical (unpaired) electrons. The molecule has 0 saturated carbocycles. The molecular formula is C8H10Cl2N4. The van der Waals surface area contributed by atoms with Crippen molar-refractivity contribution in [1.82, 2.24) is 14.8 Å². The van der Waals surface area contributed by atoms with E-state index in [1.165, 1.54) is 0 Å². The van der Waals surface area contributed by atoms with E-state index >= 15 is 0 Å². The van der Waals surface area contributed by atoms with E-state index in [2.05, 4.69) is 10.2 Å². The normalized spacial score (nSPS) is 8.57. The van der Waals surface area contributed by atoms with E-state index in [4.69, 9.17) is 5.73 Å². The lowest BCUT2D eigenvalue weighted by molar-refractivity contribution is 1.06. The maximum Gasteiger partial charge on any atom is 0.123 e. The molecule has 2 rings (SSSR count). The van der Waals surface area contributed by atoms with Crippen molar-refractivity contribution in [1.29, 1.82) is 0 Å². The number of benzene rings is 1. The first kappa shape index (κ1) is 12.7. The molecule has 76 valence electrons. The van der Waals surface area contributed by atoms with Crippen LogP contribution >= 0.6 is 24.8 Å². The van der Waals surface area contributed by atoms with E-state index in [-0.39, 0.29) is 24.8 Å². The van der Waals surface area contributed by atoms with Gasteiger partial charge in [0.2, 0.25) is 0 Å². The van der Waals surface area contributed by atoms with Crippen LogP contribution < -0.4 is 5.73 Å². The summed E-state index contributed by atoms with van der Waals surface area (Å²) in [6.07, 6.45) is 3.27. The van der Waals surface area contributed by atoms with Crippen LogP contribution in [0, 0.1) is 0 Å². The third-order valence-corrected chi connectivity index (χ3v) is 1.59. The van der Waals surface area contributed by atoms with E-state index in [0.717, 1.165) is 11.4 Å². The summed E-state index contributed by atoms with van der Waals surface area (Å²) in [5, 5.41) is 7.40. The summed E-state index contributed by atoms with van der Waals surface area (Å²) < 4.78 is 1.80. The van der Waals surface area contributed by atoms with Gasteiger partial charge in [-0.2, -0.15) is 0 Å². The predicted molar refractivity (Wildman–Crippen MR) is 60.3 cm³/mol. The van der Waals surface area contributed by atoms with E-state index in [0.29, 0.717) is 0 Å². The highest BCUT2D eigenvalue weighted by atomic mass is 35.5. The van der Waals surface area contributed by atoms with Gasteiger partial charge >= 0.3 is 0 Å². The zero-order valence-corrected chi connectivity index (χ0v) is 8.83. The molecule has 0 aliphatic rings. The Kier molecular flexibility index (Phi) is 4.97. The SMILES string of the molecule is Cl.Cl.Nc1cccc(-n2cnnc2)c1. The number of hydrogen-bond donors (Lipinski definition) is 1. The van der Waals surface area contributed by atoms with Gasteiger partial charge in [-0.05, 0) is 18.2 Å². The molecule has 2 N–H and O–H groups in total. The molecule has 1 heterocycles. The number of nitrogen functional groups attached to an aromatic ring is 1. The van der Waals surface area contributed by atoms with Crippen molar-refractivity contribution in [3.05, 3.63) is 36.9 Å². The number of nitrogens with zero attached hydrogens (tertiary/aromatic N) is 3. The van der Waals surface area contributed by atoms with E-state index in [1.54, 1.807) is 17.2 Å². The van der Waals surface area contributed by atoms with Crippen molar-refractivity contribution in [2.75, 3.05) is 5.73 Å². The number of anilines is 1. The number of nitrogens with two attached hydrogens (primary N) is 1. The van der Waals surface area contributed by atoms with Crippen LogP contribution in [0.1, 0.15) is 0 Å². The first-order valence-electron chi connectivity index (χ1n) is 3.57. The minimum absolute atomic E-state index is 0. The summed E-state index contributed by atoms with van der Waals surface area (Å²) in [7, 11) is 0. The highest BCUT2D eigenvalue weighted by Crippen LogP contribution is 2.09. The molecule has 0 bridgehead atoms. The zero-order valence-electron chi connectivity index (χ0n) is 7.20. The molecule has 0 unspecified atom stereocenters. The lowest BCUT2D eigenvalue weighted by Crippen LogP contribution is -1.91. The number of aromatic nitrogens is 3. The van der Waals surface area contributed by atoms with Gasteiger partial charge in [-0.1, -0.05) is 6.07 Å². The van der Waals surface area contributed by atoms with Gasteiger partial charge in [0.15, 0.2) is 0 Å². The first-order valence-corrected chi connectivity index (χ1v) is 3.57. The summed E-state index contributed by atoms with van der Waals surface area (Å²) in [5.41, 5.74) is 7.32. The molecule has 0 saturated heterocycles. The van der Waals surface area contributed by atoms with Gasteiger partial charge in [-0.15, -0.1) is 35.0 Å². The Morgan fingerprint density at radius 2 is 1.71 bits per heavy atom. The van der Waals surface area contributed by atoms with Gasteiger partial charge in [-0.25, -0.2) is 0 Å². The highest BCUT2D eigenvalue weighted by molar-refractivity contribution is 5.85.